The molecule has 1 saturated carbocycles. The molecule has 1 aliphatic carbocycles. The van der Waals surface area contributed by atoms with Crippen LogP contribution in [0.2, 0.25) is 0 Å². The molecule has 0 spiro atoms. The van der Waals surface area contributed by atoms with Crippen LogP contribution in [-0.2, 0) is 6.42 Å². The number of nitrogens with one attached hydrogen (secondary N) is 1. The van der Waals surface area contributed by atoms with Crippen LogP contribution in [0.1, 0.15) is 45.1 Å². The molecular weight excluding hydrogens is 232 g/mol. The Kier molecular flexibility index (Phi) is 4.85. The quantitative estimate of drug-likeness (QED) is 0.867. The summed E-state index contributed by atoms with van der Waals surface area (Å²) in [5.74, 6) is 1.66. The van der Waals surface area contributed by atoms with Crippen molar-refractivity contribution in [2.45, 2.75) is 52.0 Å². The van der Waals surface area contributed by atoms with E-state index in [1.165, 1.54) is 31.4 Å². The van der Waals surface area contributed by atoms with Crippen LogP contribution < -0.4 is 5.32 Å². The zero-order valence-electron chi connectivity index (χ0n) is 12.0. The van der Waals surface area contributed by atoms with Crippen molar-refractivity contribution in [3.63, 3.8) is 0 Å². The van der Waals surface area contributed by atoms with Gasteiger partial charge in [-0.25, -0.2) is 0 Å². The molecule has 2 nitrogen and oxygen atoms in total. The molecule has 2 rings (SSSR count). The molecular formula is C17H24N2. The Balaban J connectivity index is 1.91. The second kappa shape index (κ2) is 6.61. The van der Waals surface area contributed by atoms with Crippen molar-refractivity contribution in [3.05, 3.63) is 29.8 Å². The zero-order valence-corrected chi connectivity index (χ0v) is 12.0. The van der Waals surface area contributed by atoms with Gasteiger partial charge in [-0.1, -0.05) is 38.8 Å². The van der Waals surface area contributed by atoms with Crippen LogP contribution in [0.3, 0.4) is 0 Å². The van der Waals surface area contributed by atoms with Crippen LogP contribution in [0.5, 0.6) is 0 Å². The Labute approximate surface area is 116 Å². The minimum atomic E-state index is 0.499. The topological polar surface area (TPSA) is 35.8 Å². The third-order valence-electron chi connectivity index (χ3n) is 4.27. The molecule has 1 N–H and O–H groups in total. The van der Waals surface area contributed by atoms with Gasteiger partial charge in [-0.2, -0.15) is 5.26 Å². The minimum absolute atomic E-state index is 0.499. The van der Waals surface area contributed by atoms with Gasteiger partial charge in [0.1, 0.15) is 0 Å². The van der Waals surface area contributed by atoms with Gasteiger partial charge in [0.25, 0.3) is 0 Å². The summed E-state index contributed by atoms with van der Waals surface area (Å²) in [6.07, 6.45) is 5.80. The first-order valence-corrected chi connectivity index (χ1v) is 7.41. The maximum Gasteiger partial charge on any atom is 0.0669 e. The number of rotatable bonds is 4. The van der Waals surface area contributed by atoms with Crippen molar-refractivity contribution < 1.29 is 0 Å². The fourth-order valence-electron chi connectivity index (χ4n) is 3.01. The Morgan fingerprint density at radius 2 is 2.00 bits per heavy atom. The van der Waals surface area contributed by atoms with Gasteiger partial charge in [-0.15, -0.1) is 0 Å². The summed E-state index contributed by atoms with van der Waals surface area (Å²) >= 11 is 0. The lowest BCUT2D eigenvalue weighted by Gasteiger charge is -2.32. The van der Waals surface area contributed by atoms with Gasteiger partial charge in [0.15, 0.2) is 0 Å². The molecule has 1 aliphatic rings. The van der Waals surface area contributed by atoms with E-state index in [9.17, 15) is 0 Å². The van der Waals surface area contributed by atoms with Gasteiger partial charge < -0.3 is 5.32 Å². The fourth-order valence-corrected chi connectivity index (χ4v) is 3.01. The van der Waals surface area contributed by atoms with Crippen LogP contribution in [0, 0.1) is 23.2 Å². The Hall–Kier alpha value is -1.49. The van der Waals surface area contributed by atoms with Crippen LogP contribution >= 0.6 is 0 Å². The van der Waals surface area contributed by atoms with E-state index >= 15 is 0 Å². The number of nitriles is 1. The van der Waals surface area contributed by atoms with E-state index in [0.29, 0.717) is 12.5 Å². The lowest BCUT2D eigenvalue weighted by atomic mass is 9.79. The smallest absolute Gasteiger partial charge is 0.0669 e. The highest BCUT2D eigenvalue weighted by molar-refractivity contribution is 5.45. The molecule has 1 fully saturated rings. The standard InChI is InChI=1S/C17H24N2/c1-13(2)15-4-3-5-17(12-15)19-16-8-6-14(7-9-16)10-11-18/h6-9,13,15,17,19H,3-5,10,12H2,1-2H3. The van der Waals surface area contributed by atoms with Crippen LogP contribution in [0.4, 0.5) is 5.69 Å². The lowest BCUT2D eigenvalue weighted by molar-refractivity contribution is 0.264. The molecule has 1 aromatic rings. The third kappa shape index (κ3) is 3.99. The maximum absolute atomic E-state index is 8.67. The molecule has 2 heteroatoms. The third-order valence-corrected chi connectivity index (χ3v) is 4.27. The first kappa shape index (κ1) is 13.9. The molecule has 2 atom stereocenters. The predicted molar refractivity (Wildman–Crippen MR) is 80.0 cm³/mol. The molecule has 0 aliphatic heterocycles. The Bertz CT molecular complexity index is 428. The number of anilines is 1. The van der Waals surface area contributed by atoms with E-state index in [-0.39, 0.29) is 0 Å². The largest absolute Gasteiger partial charge is 0.382 e. The number of hydrogen-bond acceptors (Lipinski definition) is 2. The minimum Gasteiger partial charge on any atom is -0.382 e. The van der Waals surface area contributed by atoms with E-state index in [2.05, 4.69) is 37.4 Å². The molecule has 19 heavy (non-hydrogen) atoms. The highest BCUT2D eigenvalue weighted by atomic mass is 14.9. The molecule has 0 amide bonds. The average Bonchev–Trinajstić information content (AvgIpc) is 2.42. The van der Waals surface area contributed by atoms with Crippen molar-refractivity contribution in [1.82, 2.24) is 0 Å². The molecule has 102 valence electrons. The van der Waals surface area contributed by atoms with Crippen molar-refractivity contribution in [3.8, 4) is 6.07 Å². The molecule has 0 heterocycles. The summed E-state index contributed by atoms with van der Waals surface area (Å²) in [6, 6.07) is 11.1. The lowest BCUT2D eigenvalue weighted by Crippen LogP contribution is -2.29. The molecule has 2 unspecified atom stereocenters. The highest BCUT2D eigenvalue weighted by Crippen LogP contribution is 2.31. The van der Waals surface area contributed by atoms with Gasteiger partial charge >= 0.3 is 0 Å². The van der Waals surface area contributed by atoms with E-state index in [4.69, 9.17) is 5.26 Å². The summed E-state index contributed by atoms with van der Waals surface area (Å²) < 4.78 is 0. The predicted octanol–water partition coefficient (Wildman–Crippen LogP) is 4.38. The molecule has 0 bridgehead atoms. The van der Waals surface area contributed by atoms with Crippen molar-refractivity contribution in [1.29, 1.82) is 5.26 Å². The first-order valence-electron chi connectivity index (χ1n) is 7.41. The molecule has 0 radical (unpaired) electrons. The van der Waals surface area contributed by atoms with Crippen LogP contribution in [0.25, 0.3) is 0 Å². The fraction of sp³-hybridized carbons (Fsp3) is 0.588. The second-order valence-electron chi connectivity index (χ2n) is 6.04. The van der Waals surface area contributed by atoms with Crippen molar-refractivity contribution in [2.24, 2.45) is 11.8 Å². The van der Waals surface area contributed by atoms with Crippen LogP contribution in [0.15, 0.2) is 24.3 Å². The van der Waals surface area contributed by atoms with Gasteiger partial charge in [0.2, 0.25) is 0 Å². The van der Waals surface area contributed by atoms with E-state index in [0.717, 1.165) is 17.4 Å². The van der Waals surface area contributed by atoms with Gasteiger partial charge in [0, 0.05) is 11.7 Å². The van der Waals surface area contributed by atoms with E-state index in [1.54, 1.807) is 0 Å². The van der Waals surface area contributed by atoms with Gasteiger partial charge in [-0.3, -0.25) is 0 Å². The van der Waals surface area contributed by atoms with E-state index < -0.39 is 0 Å². The molecule has 1 aromatic carbocycles. The maximum atomic E-state index is 8.67. The highest BCUT2D eigenvalue weighted by Gasteiger charge is 2.23. The number of hydrogen-bond donors (Lipinski definition) is 1. The Morgan fingerprint density at radius 3 is 2.63 bits per heavy atom. The zero-order chi connectivity index (χ0) is 13.7. The molecule has 0 aromatic heterocycles. The average molecular weight is 256 g/mol. The number of nitrogens with zero attached hydrogens (tertiary/aromatic N) is 1. The molecule has 0 saturated heterocycles. The monoisotopic (exact) mass is 256 g/mol. The summed E-state index contributed by atoms with van der Waals surface area (Å²) in [5, 5.41) is 12.3. The summed E-state index contributed by atoms with van der Waals surface area (Å²) in [6.45, 7) is 4.67. The normalized spacial score (nSPS) is 23.1. The first-order chi connectivity index (χ1) is 9.19. The van der Waals surface area contributed by atoms with Crippen molar-refractivity contribution >= 4 is 5.69 Å². The Morgan fingerprint density at radius 1 is 1.26 bits per heavy atom. The van der Waals surface area contributed by atoms with Crippen molar-refractivity contribution in [2.75, 3.05) is 5.32 Å². The van der Waals surface area contributed by atoms with Crippen LogP contribution in [-0.4, -0.2) is 6.04 Å². The number of benzene rings is 1. The summed E-state index contributed by atoms with van der Waals surface area (Å²) in [5.41, 5.74) is 2.29. The van der Waals surface area contributed by atoms with Gasteiger partial charge in [-0.05, 0) is 42.4 Å². The van der Waals surface area contributed by atoms with E-state index in [1.807, 2.05) is 12.1 Å². The second-order valence-corrected chi connectivity index (χ2v) is 6.04. The SMILES string of the molecule is CC(C)C1CCCC(Nc2ccc(CC#N)cc2)C1. The summed E-state index contributed by atoms with van der Waals surface area (Å²) in [4.78, 5) is 0. The summed E-state index contributed by atoms with van der Waals surface area (Å²) in [7, 11) is 0. The van der Waals surface area contributed by atoms with Gasteiger partial charge in [0.05, 0.1) is 12.5 Å².